The SMILES string of the molecule is c1ccc(-c2ncnc3ccc(-c4cnc5ccccc5c4)cc23)cc1. The van der Waals surface area contributed by atoms with Gasteiger partial charge in [0.15, 0.2) is 0 Å². The molecular weight excluding hydrogens is 318 g/mol. The van der Waals surface area contributed by atoms with Gasteiger partial charge < -0.3 is 0 Å². The molecule has 122 valence electrons. The summed E-state index contributed by atoms with van der Waals surface area (Å²) in [6, 6.07) is 26.9. The zero-order valence-corrected chi connectivity index (χ0v) is 14.0. The van der Waals surface area contributed by atoms with Crippen molar-refractivity contribution < 1.29 is 0 Å². The first-order valence-electron chi connectivity index (χ1n) is 8.54. The van der Waals surface area contributed by atoms with E-state index in [1.165, 1.54) is 0 Å². The largest absolute Gasteiger partial charge is 0.256 e. The van der Waals surface area contributed by atoms with Crippen LogP contribution in [-0.2, 0) is 0 Å². The molecule has 0 atom stereocenters. The zero-order chi connectivity index (χ0) is 17.3. The second kappa shape index (κ2) is 6.05. The molecule has 0 aliphatic rings. The third-order valence-electron chi connectivity index (χ3n) is 4.61. The summed E-state index contributed by atoms with van der Waals surface area (Å²) in [5, 5.41) is 2.18. The molecule has 0 radical (unpaired) electrons. The van der Waals surface area contributed by atoms with E-state index in [0.29, 0.717) is 0 Å². The van der Waals surface area contributed by atoms with Crippen molar-refractivity contribution in [1.29, 1.82) is 0 Å². The van der Waals surface area contributed by atoms with Crippen LogP contribution >= 0.6 is 0 Å². The molecule has 3 aromatic carbocycles. The zero-order valence-electron chi connectivity index (χ0n) is 14.0. The number of aromatic nitrogens is 3. The van der Waals surface area contributed by atoms with Gasteiger partial charge in [-0.15, -0.1) is 0 Å². The summed E-state index contributed by atoms with van der Waals surface area (Å²) in [6.07, 6.45) is 3.55. The van der Waals surface area contributed by atoms with Crippen molar-refractivity contribution in [3.8, 4) is 22.4 Å². The standard InChI is InChI=1S/C23H15N3/c1-2-6-16(7-3-1)23-20-13-17(10-11-22(20)25-15-26-23)19-12-18-8-4-5-9-21(18)24-14-19/h1-15H. The number of pyridine rings is 1. The number of nitrogens with zero attached hydrogens (tertiary/aromatic N) is 3. The van der Waals surface area contributed by atoms with Crippen LogP contribution in [0.15, 0.2) is 91.4 Å². The molecule has 0 spiro atoms. The van der Waals surface area contributed by atoms with Crippen molar-refractivity contribution in [2.45, 2.75) is 0 Å². The summed E-state index contributed by atoms with van der Waals surface area (Å²) in [6.45, 7) is 0. The molecule has 5 rings (SSSR count). The van der Waals surface area contributed by atoms with Crippen molar-refractivity contribution >= 4 is 21.8 Å². The highest BCUT2D eigenvalue weighted by atomic mass is 14.8. The molecule has 3 heteroatoms. The summed E-state index contributed by atoms with van der Waals surface area (Å²) >= 11 is 0. The molecule has 2 aromatic heterocycles. The molecule has 0 saturated heterocycles. The van der Waals surface area contributed by atoms with Gasteiger partial charge in [-0.05, 0) is 29.8 Å². The van der Waals surface area contributed by atoms with Crippen molar-refractivity contribution in [3.63, 3.8) is 0 Å². The van der Waals surface area contributed by atoms with E-state index in [-0.39, 0.29) is 0 Å². The molecule has 0 unspecified atom stereocenters. The van der Waals surface area contributed by atoms with Crippen molar-refractivity contribution in [2.24, 2.45) is 0 Å². The minimum Gasteiger partial charge on any atom is -0.256 e. The predicted octanol–water partition coefficient (Wildman–Crippen LogP) is 5.51. The molecule has 3 nitrogen and oxygen atoms in total. The van der Waals surface area contributed by atoms with E-state index in [1.54, 1.807) is 6.33 Å². The number of hydrogen-bond acceptors (Lipinski definition) is 3. The minimum absolute atomic E-state index is 0.941. The van der Waals surface area contributed by atoms with Gasteiger partial charge in [0, 0.05) is 28.1 Å². The van der Waals surface area contributed by atoms with E-state index >= 15 is 0 Å². The Morgan fingerprint density at radius 3 is 2.31 bits per heavy atom. The van der Waals surface area contributed by atoms with E-state index in [4.69, 9.17) is 0 Å². The second-order valence-corrected chi connectivity index (χ2v) is 6.24. The van der Waals surface area contributed by atoms with Crippen molar-refractivity contribution in [1.82, 2.24) is 15.0 Å². The summed E-state index contributed by atoms with van der Waals surface area (Å²) in [7, 11) is 0. The smallest absolute Gasteiger partial charge is 0.116 e. The van der Waals surface area contributed by atoms with E-state index in [1.807, 2.05) is 48.7 Å². The number of para-hydroxylation sites is 1. The molecule has 5 aromatic rings. The Bertz CT molecular complexity index is 1230. The number of hydrogen-bond donors (Lipinski definition) is 0. The Morgan fingerprint density at radius 1 is 0.538 bits per heavy atom. The average Bonchev–Trinajstić information content (AvgIpc) is 2.73. The van der Waals surface area contributed by atoms with E-state index in [0.717, 1.165) is 44.2 Å². The third kappa shape index (κ3) is 2.50. The van der Waals surface area contributed by atoms with Crippen LogP contribution in [0.4, 0.5) is 0 Å². The lowest BCUT2D eigenvalue weighted by Gasteiger charge is -2.08. The van der Waals surface area contributed by atoms with Crippen LogP contribution in [0.3, 0.4) is 0 Å². The lowest BCUT2D eigenvalue weighted by Crippen LogP contribution is -1.90. The average molecular weight is 333 g/mol. The molecule has 0 N–H and O–H groups in total. The first kappa shape index (κ1) is 14.7. The van der Waals surface area contributed by atoms with Crippen molar-refractivity contribution in [2.75, 3.05) is 0 Å². The molecule has 0 aliphatic heterocycles. The molecule has 26 heavy (non-hydrogen) atoms. The van der Waals surface area contributed by atoms with E-state index in [2.05, 4.69) is 51.4 Å². The quantitative estimate of drug-likeness (QED) is 0.427. The van der Waals surface area contributed by atoms with Gasteiger partial charge in [-0.2, -0.15) is 0 Å². The lowest BCUT2D eigenvalue weighted by atomic mass is 10.0. The molecule has 0 bridgehead atoms. The van der Waals surface area contributed by atoms with Crippen LogP contribution in [0.2, 0.25) is 0 Å². The van der Waals surface area contributed by atoms with Gasteiger partial charge in [0.25, 0.3) is 0 Å². The molecule has 0 fully saturated rings. The highest BCUT2D eigenvalue weighted by molar-refractivity contribution is 5.95. The fraction of sp³-hybridized carbons (Fsp3) is 0. The van der Waals surface area contributed by atoms with Gasteiger partial charge in [-0.3, -0.25) is 4.98 Å². The number of fused-ring (bicyclic) bond motifs is 2. The molecule has 0 amide bonds. The topological polar surface area (TPSA) is 38.7 Å². The third-order valence-corrected chi connectivity index (χ3v) is 4.61. The van der Waals surface area contributed by atoms with Crippen LogP contribution in [0.1, 0.15) is 0 Å². The molecular formula is C23H15N3. The number of benzene rings is 3. The number of rotatable bonds is 2. The monoisotopic (exact) mass is 333 g/mol. The van der Waals surface area contributed by atoms with Gasteiger partial charge in [0.1, 0.15) is 6.33 Å². The Morgan fingerprint density at radius 2 is 1.38 bits per heavy atom. The maximum absolute atomic E-state index is 4.59. The molecule has 2 heterocycles. The van der Waals surface area contributed by atoms with Gasteiger partial charge in [0.05, 0.1) is 16.7 Å². The van der Waals surface area contributed by atoms with Gasteiger partial charge >= 0.3 is 0 Å². The first-order valence-corrected chi connectivity index (χ1v) is 8.54. The highest BCUT2D eigenvalue weighted by Crippen LogP contribution is 2.30. The van der Waals surface area contributed by atoms with Crippen LogP contribution in [0.5, 0.6) is 0 Å². The van der Waals surface area contributed by atoms with Gasteiger partial charge in [0.2, 0.25) is 0 Å². The molecule has 0 aliphatic carbocycles. The van der Waals surface area contributed by atoms with Crippen LogP contribution in [0, 0.1) is 0 Å². The van der Waals surface area contributed by atoms with Crippen LogP contribution < -0.4 is 0 Å². The summed E-state index contributed by atoms with van der Waals surface area (Å²) in [4.78, 5) is 13.5. The Balaban J connectivity index is 1.71. The lowest BCUT2D eigenvalue weighted by molar-refractivity contribution is 1.22. The normalized spacial score (nSPS) is 11.1. The summed E-state index contributed by atoms with van der Waals surface area (Å²) < 4.78 is 0. The predicted molar refractivity (Wildman–Crippen MR) is 106 cm³/mol. The Labute approximate surface area is 151 Å². The fourth-order valence-electron chi connectivity index (χ4n) is 3.29. The van der Waals surface area contributed by atoms with Crippen LogP contribution in [0.25, 0.3) is 44.2 Å². The summed E-state index contributed by atoms with van der Waals surface area (Å²) in [5.41, 5.74) is 6.19. The Kier molecular flexibility index (Phi) is 3.42. The summed E-state index contributed by atoms with van der Waals surface area (Å²) in [5.74, 6) is 0. The fourth-order valence-corrected chi connectivity index (χ4v) is 3.29. The highest BCUT2D eigenvalue weighted by Gasteiger charge is 2.08. The van der Waals surface area contributed by atoms with E-state index < -0.39 is 0 Å². The van der Waals surface area contributed by atoms with E-state index in [9.17, 15) is 0 Å². The van der Waals surface area contributed by atoms with Crippen LogP contribution in [-0.4, -0.2) is 15.0 Å². The van der Waals surface area contributed by atoms with Gasteiger partial charge in [-0.25, -0.2) is 9.97 Å². The van der Waals surface area contributed by atoms with Gasteiger partial charge in [-0.1, -0.05) is 54.6 Å². The minimum atomic E-state index is 0.941. The second-order valence-electron chi connectivity index (χ2n) is 6.24. The molecule has 0 saturated carbocycles. The van der Waals surface area contributed by atoms with Crippen molar-refractivity contribution in [3.05, 3.63) is 91.4 Å². The Hall–Kier alpha value is -3.59. The maximum Gasteiger partial charge on any atom is 0.116 e. The first-order chi connectivity index (χ1) is 12.9. The maximum atomic E-state index is 4.59.